The number of hydrogen-bond acceptors (Lipinski definition) is 16. The lowest BCUT2D eigenvalue weighted by atomic mass is 9.87. The van der Waals surface area contributed by atoms with E-state index in [-0.39, 0.29) is 50.3 Å². The molecule has 2 aliphatic rings. The predicted molar refractivity (Wildman–Crippen MR) is 185 cm³/mol. The molecule has 2 aliphatic heterocycles. The lowest BCUT2D eigenvalue weighted by Gasteiger charge is -2.44. The van der Waals surface area contributed by atoms with Crippen molar-refractivity contribution in [2.75, 3.05) is 27.4 Å². The molecule has 2 fully saturated rings. The molecule has 0 amide bonds. The van der Waals surface area contributed by atoms with Gasteiger partial charge in [0, 0.05) is 91.4 Å². The van der Waals surface area contributed by atoms with E-state index in [1.54, 1.807) is 0 Å². The summed E-state index contributed by atoms with van der Waals surface area (Å²) < 4.78 is 75.4. The Morgan fingerprint density at radius 1 is 0.661 bits per heavy atom. The Kier molecular flexibility index (Phi) is 15.5. The third-order valence-electron chi connectivity index (χ3n) is 8.73. The number of halogens is 2. The molecule has 0 bridgehead atoms. The number of nitrogens with one attached hydrogen (secondary N) is 2. The van der Waals surface area contributed by atoms with Gasteiger partial charge in [0.25, 0.3) is 11.1 Å². The van der Waals surface area contributed by atoms with Crippen molar-refractivity contribution < 1.29 is 65.9 Å². The van der Waals surface area contributed by atoms with Gasteiger partial charge in [0.1, 0.15) is 0 Å². The van der Waals surface area contributed by atoms with Crippen LogP contribution in [0.2, 0.25) is 0 Å². The van der Waals surface area contributed by atoms with Crippen LogP contribution in [0.15, 0.2) is 31.6 Å². The lowest BCUT2D eigenvalue weighted by Crippen LogP contribution is -2.63. The number of aryl methyl sites for hydroxylation is 4. The first-order valence-corrected chi connectivity index (χ1v) is 17.1. The van der Waals surface area contributed by atoms with Gasteiger partial charge < -0.3 is 47.0 Å². The summed E-state index contributed by atoms with van der Waals surface area (Å²) in [5, 5.41) is 0. The average molecular weight is 805 g/mol. The molecule has 2 N–H and O–H groups in total. The second kappa shape index (κ2) is 19.2. The van der Waals surface area contributed by atoms with Gasteiger partial charge in [-0.15, -0.1) is 0 Å². The van der Waals surface area contributed by atoms with E-state index in [1.165, 1.54) is 40.5 Å². The van der Waals surface area contributed by atoms with E-state index in [2.05, 4.69) is 9.97 Å². The quantitative estimate of drug-likeness (QED) is 0.205. The number of nitrogens with zero attached hydrogens (tertiary/aromatic N) is 2. The Morgan fingerprint density at radius 3 is 1.27 bits per heavy atom. The summed E-state index contributed by atoms with van der Waals surface area (Å²) in [6, 6.07) is 0. The maximum absolute atomic E-state index is 16.1. The number of aromatic nitrogens is 4. The Hall–Kier alpha value is -5.06. The molecule has 4 rings (SSSR count). The minimum Gasteiger partial charge on any atom is -0.456 e. The zero-order valence-corrected chi connectivity index (χ0v) is 32.0. The second-order valence-electron chi connectivity index (χ2n) is 13.0. The van der Waals surface area contributed by atoms with Gasteiger partial charge in [0.2, 0.25) is 11.3 Å². The highest BCUT2D eigenvalue weighted by atomic mass is 19.1. The maximum Gasteiger partial charge on any atom is 0.328 e. The number of ether oxygens (including phenoxy) is 8. The van der Waals surface area contributed by atoms with Crippen LogP contribution in [0.5, 0.6) is 0 Å². The van der Waals surface area contributed by atoms with Crippen molar-refractivity contribution >= 4 is 23.9 Å². The number of hydrogen-bond donors (Lipinski definition) is 2. The number of aromatic amines is 2. The molecular formula is C34H46F2N4O16. The first-order chi connectivity index (χ1) is 26.2. The smallest absolute Gasteiger partial charge is 0.328 e. The molecule has 20 nitrogen and oxygen atoms in total. The zero-order chi connectivity index (χ0) is 42.1. The third kappa shape index (κ3) is 11.0. The number of carbonyl (C=O) groups is 4. The molecular weight excluding hydrogens is 758 g/mol. The van der Waals surface area contributed by atoms with Crippen LogP contribution in [-0.4, -0.2) is 119 Å². The fraction of sp³-hybridized carbons (Fsp3) is 0.647. The van der Waals surface area contributed by atoms with Crippen LogP contribution in [-0.2, 0) is 70.2 Å². The number of rotatable bonds is 12. The van der Waals surface area contributed by atoms with Crippen molar-refractivity contribution in [2.45, 2.75) is 116 Å². The predicted octanol–water partition coefficient (Wildman–Crippen LogP) is -0.381. The van der Waals surface area contributed by atoms with Crippen molar-refractivity contribution in [3.8, 4) is 0 Å². The summed E-state index contributed by atoms with van der Waals surface area (Å²) in [6.07, 6.45) is -6.43. The van der Waals surface area contributed by atoms with Crippen LogP contribution < -0.4 is 22.5 Å². The van der Waals surface area contributed by atoms with Crippen molar-refractivity contribution in [1.82, 2.24) is 19.1 Å². The molecule has 0 radical (unpaired) electrons. The summed E-state index contributed by atoms with van der Waals surface area (Å²) in [5.74, 6) is -2.95. The number of esters is 4. The molecule has 22 heteroatoms. The highest BCUT2D eigenvalue weighted by molar-refractivity contribution is 5.68. The Balaban J connectivity index is 0.000000300. The van der Waals surface area contributed by atoms with Crippen LogP contribution in [0.4, 0.5) is 8.78 Å². The molecule has 0 saturated carbocycles. The fourth-order valence-corrected chi connectivity index (χ4v) is 6.23. The largest absolute Gasteiger partial charge is 0.456 e. The first kappa shape index (κ1) is 45.3. The molecule has 2 aromatic rings. The van der Waals surface area contributed by atoms with Gasteiger partial charge in [-0.05, 0) is 13.8 Å². The maximum atomic E-state index is 16.1. The van der Waals surface area contributed by atoms with Gasteiger partial charge in [-0.25, -0.2) is 18.4 Å². The second-order valence-corrected chi connectivity index (χ2v) is 13.0. The van der Waals surface area contributed by atoms with E-state index >= 15 is 8.78 Å². The topological polar surface area (TPSA) is 252 Å². The van der Waals surface area contributed by atoms with E-state index < -0.39 is 94.7 Å². The Labute approximate surface area is 317 Å². The van der Waals surface area contributed by atoms with Crippen LogP contribution >= 0.6 is 0 Å². The van der Waals surface area contributed by atoms with Crippen molar-refractivity contribution in [3.63, 3.8) is 0 Å². The molecule has 0 unspecified atom stereocenters. The lowest BCUT2D eigenvalue weighted by molar-refractivity contribution is -0.293. The van der Waals surface area contributed by atoms with E-state index in [4.69, 9.17) is 37.9 Å². The minimum atomic E-state index is -2.43. The van der Waals surface area contributed by atoms with Crippen molar-refractivity contribution in [2.24, 2.45) is 0 Å². The molecule has 4 heterocycles. The van der Waals surface area contributed by atoms with Crippen molar-refractivity contribution in [3.05, 3.63) is 65.2 Å². The van der Waals surface area contributed by atoms with Crippen LogP contribution in [0.1, 0.15) is 51.7 Å². The number of H-pyrrole nitrogens is 2. The van der Waals surface area contributed by atoms with Gasteiger partial charge in [0.15, 0.2) is 37.0 Å². The van der Waals surface area contributed by atoms with Crippen LogP contribution in [0, 0.1) is 13.8 Å². The molecule has 0 aliphatic carbocycles. The van der Waals surface area contributed by atoms with E-state index in [1.807, 2.05) is 0 Å². The zero-order valence-electron chi connectivity index (χ0n) is 32.0. The van der Waals surface area contributed by atoms with E-state index in [0.29, 0.717) is 0 Å². The summed E-state index contributed by atoms with van der Waals surface area (Å²) in [6.45, 7) is 6.63. The minimum absolute atomic E-state index is 0.180. The molecule has 2 aromatic heterocycles. The number of alkyl halides is 2. The van der Waals surface area contributed by atoms with Gasteiger partial charge in [-0.2, -0.15) is 0 Å². The molecule has 0 spiro atoms. The van der Waals surface area contributed by atoms with Gasteiger partial charge in [0.05, 0.1) is 13.2 Å². The van der Waals surface area contributed by atoms with E-state index in [9.17, 15) is 38.4 Å². The first-order valence-electron chi connectivity index (χ1n) is 17.1. The van der Waals surface area contributed by atoms with Crippen LogP contribution in [0.25, 0.3) is 0 Å². The monoisotopic (exact) mass is 804 g/mol. The highest BCUT2D eigenvalue weighted by Crippen LogP contribution is 2.39. The van der Waals surface area contributed by atoms with Crippen LogP contribution in [0.3, 0.4) is 0 Å². The SMILES string of the molecule is CO[C@@H]1OC[C@@H](OC(C)=O)[C@@H](OC(C)=O)[C@]1(F)CCn1cc(C)c(=O)[nH]c1=O.CO[C@H]1OC[C@@H](OC(C)=O)[C@@H](OC(C)=O)[C@]1(F)CCn1cc(C)c(=O)[nH]c1=O. The van der Waals surface area contributed by atoms with Gasteiger partial charge in [-0.1, -0.05) is 0 Å². The fourth-order valence-electron chi connectivity index (χ4n) is 6.23. The summed E-state index contributed by atoms with van der Waals surface area (Å²) in [7, 11) is 2.43. The Bertz CT molecular complexity index is 1840. The molecule has 312 valence electrons. The normalized spacial score (nSPS) is 27.2. The van der Waals surface area contributed by atoms with Crippen molar-refractivity contribution in [1.29, 1.82) is 0 Å². The summed E-state index contributed by atoms with van der Waals surface area (Å²) in [4.78, 5) is 96.9. The average Bonchev–Trinajstić information content (AvgIpc) is 3.10. The third-order valence-corrected chi connectivity index (χ3v) is 8.73. The molecule has 8 atom stereocenters. The standard InChI is InChI=1S/2C17H23FN2O8/c2*1-9-7-20(16(24)19-14(9)23)6-5-17(18)13(28-11(3)22)12(27-10(2)21)8-26-15(17)25-4/h2*7,12-13,15H,5-6,8H2,1-4H3,(H,19,23,24)/t12-,13-,15+,17-;12-,13-,15-,17-/m11/s1. The molecule has 2 saturated heterocycles. The van der Waals surface area contributed by atoms with Gasteiger partial charge in [-0.3, -0.25) is 38.7 Å². The summed E-state index contributed by atoms with van der Waals surface area (Å²) >= 11 is 0. The Morgan fingerprint density at radius 2 is 0.982 bits per heavy atom. The van der Waals surface area contributed by atoms with E-state index in [0.717, 1.165) is 36.8 Å². The molecule has 56 heavy (non-hydrogen) atoms. The molecule has 0 aromatic carbocycles. The highest BCUT2D eigenvalue weighted by Gasteiger charge is 2.59. The number of methoxy groups -OCH3 is 2. The number of carbonyl (C=O) groups excluding carboxylic acids is 4. The van der Waals surface area contributed by atoms with Gasteiger partial charge >= 0.3 is 35.3 Å². The summed E-state index contributed by atoms with van der Waals surface area (Å²) in [5.41, 5.74) is -6.84.